The molecule has 1 nitrogen and oxygen atoms in total. The van der Waals surface area contributed by atoms with Crippen molar-refractivity contribution in [2.24, 2.45) is 11.1 Å². The maximum Gasteiger partial charge on any atom is 0.00911 e. The standard InChI is InChI=1S/C12H21NS/c1-9-7-8-14-10(9)5-6-11(13)12(2,3)4/h7-8,11H,5-6,13H2,1-4H3. The second kappa shape index (κ2) is 4.45. The van der Waals surface area contributed by atoms with Crippen molar-refractivity contribution in [3.8, 4) is 0 Å². The zero-order valence-corrected chi connectivity index (χ0v) is 10.4. The van der Waals surface area contributed by atoms with Gasteiger partial charge in [0.15, 0.2) is 0 Å². The molecule has 0 spiro atoms. The average molecular weight is 211 g/mol. The van der Waals surface area contributed by atoms with Crippen molar-refractivity contribution in [1.29, 1.82) is 0 Å². The smallest absolute Gasteiger partial charge is 0.00911 e. The van der Waals surface area contributed by atoms with Crippen LogP contribution in [0.2, 0.25) is 0 Å². The first-order chi connectivity index (χ1) is 6.41. The van der Waals surface area contributed by atoms with Gasteiger partial charge in [0, 0.05) is 10.9 Å². The van der Waals surface area contributed by atoms with E-state index in [1.54, 1.807) is 0 Å². The molecule has 1 unspecified atom stereocenters. The predicted molar refractivity (Wildman–Crippen MR) is 64.8 cm³/mol. The Morgan fingerprint density at radius 1 is 1.43 bits per heavy atom. The quantitative estimate of drug-likeness (QED) is 0.815. The van der Waals surface area contributed by atoms with Crippen LogP contribution in [0.5, 0.6) is 0 Å². The first-order valence-corrected chi connectivity index (χ1v) is 6.08. The lowest BCUT2D eigenvalue weighted by Crippen LogP contribution is -2.35. The van der Waals surface area contributed by atoms with E-state index in [0.717, 1.165) is 12.8 Å². The van der Waals surface area contributed by atoms with E-state index >= 15 is 0 Å². The summed E-state index contributed by atoms with van der Waals surface area (Å²) in [4.78, 5) is 1.49. The van der Waals surface area contributed by atoms with Gasteiger partial charge in [0.1, 0.15) is 0 Å². The van der Waals surface area contributed by atoms with Crippen LogP contribution >= 0.6 is 11.3 Å². The van der Waals surface area contributed by atoms with Gasteiger partial charge in [-0.2, -0.15) is 0 Å². The lowest BCUT2D eigenvalue weighted by atomic mass is 9.84. The lowest BCUT2D eigenvalue weighted by molar-refractivity contribution is 0.306. The number of rotatable bonds is 3. The Bertz CT molecular complexity index is 283. The summed E-state index contributed by atoms with van der Waals surface area (Å²) in [6, 6.07) is 2.48. The van der Waals surface area contributed by atoms with Crippen LogP contribution in [0.1, 0.15) is 37.6 Å². The van der Waals surface area contributed by atoms with Crippen molar-refractivity contribution >= 4 is 11.3 Å². The molecule has 0 aromatic carbocycles. The fourth-order valence-corrected chi connectivity index (χ4v) is 2.31. The lowest BCUT2D eigenvalue weighted by Gasteiger charge is -2.26. The van der Waals surface area contributed by atoms with Gasteiger partial charge in [0.25, 0.3) is 0 Å². The van der Waals surface area contributed by atoms with Crippen molar-refractivity contribution in [2.75, 3.05) is 0 Å². The fraction of sp³-hybridized carbons (Fsp3) is 0.667. The highest BCUT2D eigenvalue weighted by Gasteiger charge is 2.20. The Labute approximate surface area is 91.3 Å². The van der Waals surface area contributed by atoms with Crippen LogP contribution in [-0.2, 0) is 6.42 Å². The van der Waals surface area contributed by atoms with E-state index in [-0.39, 0.29) is 5.41 Å². The Balaban J connectivity index is 2.46. The van der Waals surface area contributed by atoms with Crippen molar-refractivity contribution < 1.29 is 0 Å². The molecule has 0 bridgehead atoms. The number of hydrogen-bond acceptors (Lipinski definition) is 2. The Morgan fingerprint density at radius 2 is 2.07 bits per heavy atom. The third-order valence-electron chi connectivity index (χ3n) is 2.76. The second-order valence-corrected chi connectivity index (χ2v) is 6.04. The maximum absolute atomic E-state index is 6.12. The molecule has 0 saturated carbocycles. The van der Waals surface area contributed by atoms with Gasteiger partial charge in [-0.1, -0.05) is 20.8 Å². The topological polar surface area (TPSA) is 26.0 Å². The van der Waals surface area contributed by atoms with Gasteiger partial charge in [-0.25, -0.2) is 0 Å². The molecule has 2 N–H and O–H groups in total. The molecule has 1 atom stereocenters. The van der Waals surface area contributed by atoms with E-state index in [1.165, 1.54) is 10.4 Å². The second-order valence-electron chi connectivity index (χ2n) is 5.04. The molecular formula is C12H21NS. The van der Waals surface area contributed by atoms with E-state index in [2.05, 4.69) is 39.1 Å². The summed E-state index contributed by atoms with van der Waals surface area (Å²) in [7, 11) is 0. The molecule has 0 aliphatic heterocycles. The van der Waals surface area contributed by atoms with Crippen molar-refractivity contribution in [1.82, 2.24) is 0 Å². The summed E-state index contributed by atoms with van der Waals surface area (Å²) in [5, 5.41) is 2.16. The van der Waals surface area contributed by atoms with Crippen LogP contribution in [0.3, 0.4) is 0 Å². The molecule has 0 saturated heterocycles. The molecule has 1 aromatic heterocycles. The van der Waals surface area contributed by atoms with Gasteiger partial charge >= 0.3 is 0 Å². The van der Waals surface area contributed by atoms with Gasteiger partial charge in [-0.15, -0.1) is 11.3 Å². The molecule has 0 fully saturated rings. The van der Waals surface area contributed by atoms with Crippen molar-refractivity contribution in [3.05, 3.63) is 21.9 Å². The first-order valence-electron chi connectivity index (χ1n) is 5.20. The molecule has 2 heteroatoms. The SMILES string of the molecule is Cc1ccsc1CCC(N)C(C)(C)C. The third kappa shape index (κ3) is 3.10. The summed E-state index contributed by atoms with van der Waals surface area (Å²) in [5.74, 6) is 0. The zero-order chi connectivity index (χ0) is 10.8. The van der Waals surface area contributed by atoms with Gasteiger partial charge in [0.05, 0.1) is 0 Å². The monoisotopic (exact) mass is 211 g/mol. The van der Waals surface area contributed by atoms with Crippen LogP contribution in [0.15, 0.2) is 11.4 Å². The van der Waals surface area contributed by atoms with Crippen molar-refractivity contribution in [2.45, 2.75) is 46.6 Å². The molecule has 80 valence electrons. The van der Waals surface area contributed by atoms with Crippen LogP contribution in [0.4, 0.5) is 0 Å². The van der Waals surface area contributed by atoms with Crippen LogP contribution in [-0.4, -0.2) is 6.04 Å². The Hall–Kier alpha value is -0.340. The highest BCUT2D eigenvalue weighted by atomic mass is 32.1. The molecule has 1 rings (SSSR count). The summed E-state index contributed by atoms with van der Waals surface area (Å²) in [6.45, 7) is 8.80. The van der Waals surface area contributed by atoms with E-state index < -0.39 is 0 Å². The zero-order valence-electron chi connectivity index (χ0n) is 9.63. The average Bonchev–Trinajstić information content (AvgIpc) is 2.45. The van der Waals surface area contributed by atoms with E-state index in [9.17, 15) is 0 Å². The minimum Gasteiger partial charge on any atom is -0.327 e. The molecular weight excluding hydrogens is 190 g/mol. The molecule has 1 heterocycles. The van der Waals surface area contributed by atoms with E-state index in [0.29, 0.717) is 6.04 Å². The minimum atomic E-state index is 0.227. The number of aryl methyl sites for hydroxylation is 2. The van der Waals surface area contributed by atoms with Gasteiger partial charge in [0.2, 0.25) is 0 Å². The molecule has 1 aromatic rings. The van der Waals surface area contributed by atoms with E-state index in [1.807, 2.05) is 11.3 Å². The van der Waals surface area contributed by atoms with Crippen LogP contribution < -0.4 is 5.73 Å². The first kappa shape index (κ1) is 11.7. The maximum atomic E-state index is 6.12. The highest BCUT2D eigenvalue weighted by Crippen LogP contribution is 2.23. The van der Waals surface area contributed by atoms with Gasteiger partial charge in [-0.3, -0.25) is 0 Å². The summed E-state index contributed by atoms with van der Waals surface area (Å²) < 4.78 is 0. The van der Waals surface area contributed by atoms with Crippen LogP contribution in [0, 0.1) is 12.3 Å². The largest absolute Gasteiger partial charge is 0.327 e. The van der Waals surface area contributed by atoms with Crippen LogP contribution in [0.25, 0.3) is 0 Å². The number of thiophene rings is 1. The number of hydrogen-bond donors (Lipinski definition) is 1. The molecule has 0 radical (unpaired) electrons. The summed E-state index contributed by atoms with van der Waals surface area (Å²) in [6.07, 6.45) is 2.22. The number of nitrogens with two attached hydrogens (primary N) is 1. The fourth-order valence-electron chi connectivity index (χ4n) is 1.38. The van der Waals surface area contributed by atoms with Gasteiger partial charge in [-0.05, 0) is 42.2 Å². The third-order valence-corrected chi connectivity index (χ3v) is 3.85. The normalized spacial score (nSPS) is 14.4. The molecule has 14 heavy (non-hydrogen) atoms. The molecule has 0 aliphatic carbocycles. The highest BCUT2D eigenvalue weighted by molar-refractivity contribution is 7.10. The molecule has 0 amide bonds. The predicted octanol–water partition coefficient (Wildman–Crippen LogP) is 3.36. The summed E-state index contributed by atoms with van der Waals surface area (Å²) >= 11 is 1.85. The summed E-state index contributed by atoms with van der Waals surface area (Å²) in [5.41, 5.74) is 7.76. The van der Waals surface area contributed by atoms with Gasteiger partial charge < -0.3 is 5.73 Å². The van der Waals surface area contributed by atoms with Crippen molar-refractivity contribution in [3.63, 3.8) is 0 Å². The minimum absolute atomic E-state index is 0.227. The Morgan fingerprint density at radius 3 is 2.50 bits per heavy atom. The molecule has 0 aliphatic rings. The Kier molecular flexibility index (Phi) is 3.73. The van der Waals surface area contributed by atoms with E-state index in [4.69, 9.17) is 5.73 Å².